The zero-order valence-electron chi connectivity index (χ0n) is 10.1. The molecule has 0 saturated heterocycles. The number of hydrogen-bond donors (Lipinski definition) is 0. The summed E-state index contributed by atoms with van der Waals surface area (Å²) < 4.78 is 0. The van der Waals surface area contributed by atoms with Gasteiger partial charge in [0.1, 0.15) is 0 Å². The van der Waals surface area contributed by atoms with Gasteiger partial charge in [0, 0.05) is 12.1 Å². The lowest BCUT2D eigenvalue weighted by molar-refractivity contribution is 0.420. The number of hydrogen-bond acceptors (Lipinski definition) is 2. The van der Waals surface area contributed by atoms with Crippen LogP contribution < -0.4 is 5.01 Å². The van der Waals surface area contributed by atoms with Crippen LogP contribution in [0.3, 0.4) is 0 Å². The molecule has 0 bridgehead atoms. The summed E-state index contributed by atoms with van der Waals surface area (Å²) in [6, 6.07) is 3.04. The molecule has 0 aliphatic heterocycles. The van der Waals surface area contributed by atoms with Crippen LogP contribution in [0.25, 0.3) is 0 Å². The summed E-state index contributed by atoms with van der Waals surface area (Å²) >= 11 is 0. The van der Waals surface area contributed by atoms with Crippen LogP contribution in [0.2, 0.25) is 0 Å². The summed E-state index contributed by atoms with van der Waals surface area (Å²) in [4.78, 5) is 2.02. The van der Waals surface area contributed by atoms with Gasteiger partial charge in [0.15, 0.2) is 0 Å². The second-order valence-electron chi connectivity index (χ2n) is 4.38. The predicted octanol–water partition coefficient (Wildman–Crippen LogP) is 2.25. The third-order valence-corrected chi connectivity index (χ3v) is 2.26. The Morgan fingerprint density at radius 2 is 1.64 bits per heavy atom. The average Bonchev–Trinajstić information content (AvgIpc) is 2.29. The maximum atomic E-state index is 4.50. The highest BCUT2D eigenvalue weighted by molar-refractivity contribution is 5.10. The van der Waals surface area contributed by atoms with E-state index < -0.39 is 0 Å². The first-order valence-corrected chi connectivity index (χ1v) is 5.25. The Morgan fingerprint density at radius 3 is 1.93 bits per heavy atom. The van der Waals surface area contributed by atoms with Crippen LogP contribution in [0.1, 0.15) is 39.1 Å². The van der Waals surface area contributed by atoms with Crippen molar-refractivity contribution in [2.24, 2.45) is 0 Å². The van der Waals surface area contributed by atoms with Crippen LogP contribution in [0.15, 0.2) is 6.07 Å². The molecule has 0 aliphatic carbocycles. The molecule has 1 rings (SSSR count). The van der Waals surface area contributed by atoms with Crippen molar-refractivity contribution in [1.82, 2.24) is 9.89 Å². The fourth-order valence-corrected chi connectivity index (χ4v) is 1.88. The molecule has 0 N–H and O–H groups in total. The van der Waals surface area contributed by atoms with Gasteiger partial charge >= 0.3 is 0 Å². The lowest BCUT2D eigenvalue weighted by atomic mass is 10.3. The Morgan fingerprint density at radius 1 is 1.14 bits per heavy atom. The highest BCUT2D eigenvalue weighted by Gasteiger charge is 2.16. The van der Waals surface area contributed by atoms with Crippen molar-refractivity contribution in [3.63, 3.8) is 0 Å². The van der Waals surface area contributed by atoms with Crippen LogP contribution in [0.4, 0.5) is 0 Å². The van der Waals surface area contributed by atoms with Crippen molar-refractivity contribution in [3.8, 4) is 0 Å². The van der Waals surface area contributed by atoms with Gasteiger partial charge in [0.2, 0.25) is 0 Å². The first-order chi connectivity index (χ1) is 6.43. The van der Waals surface area contributed by atoms with E-state index in [-0.39, 0.29) is 0 Å². The Kier molecular flexibility index (Phi) is 3.19. The second-order valence-corrected chi connectivity index (χ2v) is 4.38. The minimum absolute atomic E-state index is 0.466. The normalized spacial score (nSPS) is 11.4. The fraction of sp³-hybridized carbons (Fsp3) is 0.727. The average molecular weight is 195 g/mol. The lowest BCUT2D eigenvalue weighted by Gasteiger charge is -2.33. The zero-order valence-corrected chi connectivity index (χ0v) is 10.1. The molecule has 0 aliphatic rings. The van der Waals surface area contributed by atoms with E-state index >= 15 is 0 Å². The third kappa shape index (κ3) is 2.08. The van der Waals surface area contributed by atoms with Crippen LogP contribution in [0, 0.1) is 13.8 Å². The second kappa shape index (κ2) is 4.03. The molecule has 1 aromatic heterocycles. The van der Waals surface area contributed by atoms with Gasteiger partial charge in [-0.2, -0.15) is 9.89 Å². The van der Waals surface area contributed by atoms with Crippen molar-refractivity contribution in [2.75, 3.05) is 5.01 Å². The van der Waals surface area contributed by atoms with Gasteiger partial charge in [-0.05, 0) is 47.6 Å². The number of rotatable bonds is 3. The predicted molar refractivity (Wildman–Crippen MR) is 60.2 cm³/mol. The van der Waals surface area contributed by atoms with E-state index in [9.17, 15) is 0 Å². The van der Waals surface area contributed by atoms with Crippen molar-refractivity contribution in [3.05, 3.63) is 17.5 Å². The molecule has 0 amide bonds. The Bertz CT molecular complexity index is 291. The van der Waals surface area contributed by atoms with Crippen LogP contribution >= 0.6 is 0 Å². The van der Waals surface area contributed by atoms with Gasteiger partial charge in [-0.1, -0.05) is 0 Å². The molecule has 1 heterocycles. The lowest BCUT2D eigenvalue weighted by Crippen LogP contribution is -2.47. The van der Waals surface area contributed by atoms with Gasteiger partial charge in [0.05, 0.1) is 11.4 Å². The monoisotopic (exact) mass is 195 g/mol. The Labute approximate surface area is 86.7 Å². The number of nitrogens with zero attached hydrogens (tertiary/aromatic N) is 3. The molecule has 0 spiro atoms. The quantitative estimate of drug-likeness (QED) is 0.737. The van der Waals surface area contributed by atoms with Gasteiger partial charge in [-0.15, -0.1) is 0 Å². The van der Waals surface area contributed by atoms with E-state index in [1.165, 1.54) is 5.69 Å². The maximum Gasteiger partial charge on any atom is 0.0617 e. The first-order valence-electron chi connectivity index (χ1n) is 5.25. The minimum Gasteiger partial charge on any atom is -0.292 e. The van der Waals surface area contributed by atoms with Crippen molar-refractivity contribution >= 4 is 0 Å². The molecular formula is C11H21N3. The molecule has 3 nitrogen and oxygen atoms in total. The topological polar surface area (TPSA) is 21.1 Å². The van der Waals surface area contributed by atoms with Crippen molar-refractivity contribution in [2.45, 2.75) is 53.6 Å². The summed E-state index contributed by atoms with van der Waals surface area (Å²) in [5, 5.41) is 6.78. The molecule has 0 aromatic carbocycles. The third-order valence-electron chi connectivity index (χ3n) is 2.26. The molecule has 3 heteroatoms. The standard InChI is InChI=1S/C11H21N3/c1-8(2)13(9(3)4)14-11(6)7-10(5)12-14/h7-9H,1-6H3. The van der Waals surface area contributed by atoms with Crippen molar-refractivity contribution < 1.29 is 0 Å². The largest absolute Gasteiger partial charge is 0.292 e. The van der Waals surface area contributed by atoms with Crippen LogP contribution in [0.5, 0.6) is 0 Å². The van der Waals surface area contributed by atoms with E-state index in [1.54, 1.807) is 0 Å². The van der Waals surface area contributed by atoms with Gasteiger partial charge in [-0.3, -0.25) is 5.01 Å². The highest BCUT2D eigenvalue weighted by atomic mass is 15.7. The Balaban J connectivity index is 3.05. The summed E-state index contributed by atoms with van der Waals surface area (Å²) in [6.07, 6.45) is 0. The summed E-state index contributed by atoms with van der Waals surface area (Å²) in [6.45, 7) is 12.9. The van der Waals surface area contributed by atoms with E-state index in [4.69, 9.17) is 0 Å². The number of aromatic nitrogens is 2. The molecule has 14 heavy (non-hydrogen) atoms. The SMILES string of the molecule is Cc1cc(C)n(N(C(C)C)C(C)C)n1. The molecular weight excluding hydrogens is 174 g/mol. The minimum atomic E-state index is 0.466. The van der Waals surface area contributed by atoms with Gasteiger partial charge < -0.3 is 0 Å². The summed E-state index contributed by atoms with van der Waals surface area (Å²) in [7, 11) is 0. The fourth-order valence-electron chi connectivity index (χ4n) is 1.88. The summed E-state index contributed by atoms with van der Waals surface area (Å²) in [5.74, 6) is 0. The van der Waals surface area contributed by atoms with Crippen LogP contribution in [-0.2, 0) is 0 Å². The molecule has 0 saturated carbocycles. The molecule has 0 atom stereocenters. The molecule has 0 unspecified atom stereocenters. The van der Waals surface area contributed by atoms with Crippen LogP contribution in [-0.4, -0.2) is 22.0 Å². The van der Waals surface area contributed by atoms with Gasteiger partial charge in [0.25, 0.3) is 0 Å². The van der Waals surface area contributed by atoms with E-state index in [0.29, 0.717) is 12.1 Å². The molecule has 0 radical (unpaired) electrons. The summed E-state index contributed by atoms with van der Waals surface area (Å²) in [5.41, 5.74) is 2.28. The number of aryl methyl sites for hydroxylation is 2. The zero-order chi connectivity index (χ0) is 10.9. The molecule has 0 fully saturated rings. The van der Waals surface area contributed by atoms with Gasteiger partial charge in [-0.25, -0.2) is 0 Å². The Hall–Kier alpha value is -0.990. The highest BCUT2D eigenvalue weighted by Crippen LogP contribution is 2.08. The van der Waals surface area contributed by atoms with E-state index in [2.05, 4.69) is 50.8 Å². The smallest absolute Gasteiger partial charge is 0.0617 e. The van der Waals surface area contributed by atoms with E-state index in [0.717, 1.165) is 5.69 Å². The molecule has 1 aromatic rings. The first kappa shape index (κ1) is 11.1. The van der Waals surface area contributed by atoms with E-state index in [1.807, 2.05) is 11.7 Å². The van der Waals surface area contributed by atoms with Crippen molar-refractivity contribution in [1.29, 1.82) is 0 Å². The molecule has 80 valence electrons. The maximum absolute atomic E-state index is 4.50.